The number of hydrogen-bond donors (Lipinski definition) is 0. The van der Waals surface area contributed by atoms with Crippen LogP contribution in [0.3, 0.4) is 0 Å². The quantitative estimate of drug-likeness (QED) is 0.683. The van der Waals surface area contributed by atoms with Crippen molar-refractivity contribution >= 4 is 17.5 Å². The number of benzene rings is 1. The van der Waals surface area contributed by atoms with Gasteiger partial charge in [-0.1, -0.05) is 32.4 Å². The molecule has 0 N–H and O–H groups in total. The van der Waals surface area contributed by atoms with Crippen LogP contribution >= 0.6 is 11.6 Å². The van der Waals surface area contributed by atoms with Gasteiger partial charge in [-0.15, -0.1) is 0 Å². The monoisotopic (exact) mass is 422 g/mol. The molecule has 2 saturated heterocycles. The fourth-order valence-corrected chi connectivity index (χ4v) is 4.56. The molecule has 2 aliphatic heterocycles. The van der Waals surface area contributed by atoms with E-state index in [4.69, 9.17) is 21.1 Å². The van der Waals surface area contributed by atoms with Gasteiger partial charge in [0.15, 0.2) is 0 Å². The summed E-state index contributed by atoms with van der Waals surface area (Å²) in [5.74, 6) is 1.13. The molecule has 1 unspecified atom stereocenters. The lowest BCUT2D eigenvalue weighted by molar-refractivity contribution is 0.0773. The predicted octanol–water partition coefficient (Wildman–Crippen LogP) is 4.34. The van der Waals surface area contributed by atoms with Gasteiger partial charge in [-0.05, 0) is 42.9 Å². The van der Waals surface area contributed by atoms with E-state index in [9.17, 15) is 4.79 Å². The number of halogens is 1. The van der Waals surface area contributed by atoms with Gasteiger partial charge in [0.05, 0.1) is 11.6 Å². The van der Waals surface area contributed by atoms with Gasteiger partial charge in [0.1, 0.15) is 11.9 Å². The Morgan fingerprint density at radius 3 is 2.52 bits per heavy atom. The van der Waals surface area contributed by atoms with Crippen LogP contribution in [0.25, 0.3) is 0 Å². The summed E-state index contributed by atoms with van der Waals surface area (Å²) in [6.07, 6.45) is 3.17. The molecule has 2 fully saturated rings. The normalized spacial score (nSPS) is 21.6. The van der Waals surface area contributed by atoms with Crippen LogP contribution in [-0.4, -0.2) is 68.3 Å². The number of carbonyl (C=O) groups is 1. The van der Waals surface area contributed by atoms with Crippen molar-refractivity contribution in [1.82, 2.24) is 9.80 Å². The van der Waals surface area contributed by atoms with Crippen LogP contribution in [0.15, 0.2) is 18.2 Å². The van der Waals surface area contributed by atoms with Crippen LogP contribution in [0.2, 0.25) is 5.02 Å². The van der Waals surface area contributed by atoms with E-state index in [0.29, 0.717) is 34.3 Å². The van der Waals surface area contributed by atoms with Gasteiger partial charge >= 0.3 is 0 Å². The lowest BCUT2D eigenvalue weighted by Crippen LogP contribution is -2.42. The molecule has 2 aliphatic rings. The van der Waals surface area contributed by atoms with Crippen LogP contribution in [0, 0.1) is 11.3 Å². The van der Waals surface area contributed by atoms with Gasteiger partial charge in [0.2, 0.25) is 0 Å². The Hall–Kier alpha value is -1.30. The van der Waals surface area contributed by atoms with Crippen molar-refractivity contribution in [1.29, 1.82) is 0 Å². The van der Waals surface area contributed by atoms with E-state index in [1.54, 1.807) is 13.2 Å². The molecular weight excluding hydrogens is 388 g/mol. The minimum Gasteiger partial charge on any atom is -0.489 e. The lowest BCUT2D eigenvalue weighted by Gasteiger charge is -2.36. The fraction of sp³-hybridized carbons (Fsp3) is 0.696. The second-order valence-electron chi connectivity index (χ2n) is 9.66. The molecule has 0 saturated carbocycles. The van der Waals surface area contributed by atoms with E-state index >= 15 is 0 Å². The van der Waals surface area contributed by atoms with E-state index in [-0.39, 0.29) is 12.0 Å². The molecule has 29 heavy (non-hydrogen) atoms. The van der Waals surface area contributed by atoms with Crippen molar-refractivity contribution in [3.05, 3.63) is 28.8 Å². The molecule has 6 heteroatoms. The number of ether oxygens (including phenoxy) is 2. The van der Waals surface area contributed by atoms with E-state index in [0.717, 1.165) is 52.0 Å². The predicted molar refractivity (Wildman–Crippen MR) is 117 cm³/mol. The minimum absolute atomic E-state index is 0.0348. The average Bonchev–Trinajstić information content (AvgIpc) is 3.12. The Bertz CT molecular complexity index is 696. The van der Waals surface area contributed by atoms with Crippen LogP contribution in [0.1, 0.15) is 50.4 Å². The van der Waals surface area contributed by atoms with Crippen molar-refractivity contribution in [2.45, 2.75) is 46.1 Å². The first-order chi connectivity index (χ1) is 13.7. The van der Waals surface area contributed by atoms with Crippen LogP contribution < -0.4 is 4.74 Å². The van der Waals surface area contributed by atoms with Crippen molar-refractivity contribution in [2.75, 3.05) is 46.4 Å². The second-order valence-corrected chi connectivity index (χ2v) is 10.1. The third-order valence-corrected chi connectivity index (χ3v) is 5.98. The zero-order valence-corrected chi connectivity index (χ0v) is 19.0. The van der Waals surface area contributed by atoms with E-state index < -0.39 is 0 Å². The number of amides is 1. The number of carbonyl (C=O) groups excluding carboxylic acids is 1. The van der Waals surface area contributed by atoms with Gasteiger partial charge in [-0.3, -0.25) is 4.79 Å². The van der Waals surface area contributed by atoms with E-state index in [2.05, 4.69) is 25.7 Å². The second kappa shape index (κ2) is 9.67. The van der Waals surface area contributed by atoms with Gasteiger partial charge in [0.25, 0.3) is 5.91 Å². The number of nitrogens with zero attached hydrogens (tertiary/aromatic N) is 2. The van der Waals surface area contributed by atoms with Crippen molar-refractivity contribution in [2.24, 2.45) is 11.3 Å². The fourth-order valence-electron chi connectivity index (χ4n) is 4.34. The van der Waals surface area contributed by atoms with Crippen molar-refractivity contribution < 1.29 is 14.3 Å². The summed E-state index contributed by atoms with van der Waals surface area (Å²) in [6.45, 7) is 12.3. The third-order valence-electron chi connectivity index (χ3n) is 5.68. The highest BCUT2D eigenvalue weighted by Gasteiger charge is 2.28. The molecule has 0 spiro atoms. The molecule has 1 aromatic carbocycles. The molecule has 2 heterocycles. The molecule has 3 rings (SSSR count). The number of likely N-dealkylation sites (tertiary alicyclic amines) is 2. The molecular formula is C23H35ClN2O3. The molecule has 5 nitrogen and oxygen atoms in total. The lowest BCUT2D eigenvalue weighted by atomic mass is 9.94. The Labute approximate surface area is 180 Å². The van der Waals surface area contributed by atoms with Gasteiger partial charge < -0.3 is 19.3 Å². The maximum atomic E-state index is 12.8. The molecule has 0 aromatic heterocycles. The van der Waals surface area contributed by atoms with Crippen molar-refractivity contribution in [3.63, 3.8) is 0 Å². The minimum atomic E-state index is 0.0348. The molecule has 0 aliphatic carbocycles. The topological polar surface area (TPSA) is 42.0 Å². The highest BCUT2D eigenvalue weighted by Crippen LogP contribution is 2.30. The summed E-state index contributed by atoms with van der Waals surface area (Å²) in [5, 5.41) is 0.514. The standard InChI is InChI=1S/C23H35ClN2O3/c1-23(2,3)16-25-10-8-19(9-11-25)29-21-6-5-18(13-20(21)24)22(27)26-12-7-17(14-26)15-28-4/h5-6,13,17,19H,7-12,14-16H2,1-4H3. The van der Waals surface area contributed by atoms with Gasteiger partial charge in [0, 0.05) is 51.3 Å². The SMILES string of the molecule is COCC1CCN(C(=O)c2ccc(OC3CCN(CC(C)(C)C)CC3)c(Cl)c2)C1. The van der Waals surface area contributed by atoms with Crippen molar-refractivity contribution in [3.8, 4) is 5.75 Å². The van der Waals surface area contributed by atoms with E-state index in [1.165, 1.54) is 0 Å². The van der Waals surface area contributed by atoms with E-state index in [1.807, 2.05) is 17.0 Å². The zero-order valence-electron chi connectivity index (χ0n) is 18.2. The molecule has 1 atom stereocenters. The summed E-state index contributed by atoms with van der Waals surface area (Å²) in [4.78, 5) is 17.2. The first kappa shape index (κ1) is 22.4. The highest BCUT2D eigenvalue weighted by molar-refractivity contribution is 6.32. The summed E-state index contributed by atoms with van der Waals surface area (Å²) in [5.41, 5.74) is 0.943. The van der Waals surface area contributed by atoms with Gasteiger partial charge in [-0.2, -0.15) is 0 Å². The summed E-state index contributed by atoms with van der Waals surface area (Å²) >= 11 is 6.47. The van der Waals surface area contributed by atoms with Crippen LogP contribution in [0.4, 0.5) is 0 Å². The summed E-state index contributed by atoms with van der Waals surface area (Å²) in [6, 6.07) is 5.43. The van der Waals surface area contributed by atoms with Gasteiger partial charge in [-0.25, -0.2) is 0 Å². The number of methoxy groups -OCH3 is 1. The highest BCUT2D eigenvalue weighted by atomic mass is 35.5. The Balaban J connectivity index is 1.53. The maximum Gasteiger partial charge on any atom is 0.253 e. The van der Waals surface area contributed by atoms with Crippen LogP contribution in [0.5, 0.6) is 5.75 Å². The largest absolute Gasteiger partial charge is 0.489 e. The number of hydrogen-bond acceptors (Lipinski definition) is 4. The Morgan fingerprint density at radius 1 is 1.17 bits per heavy atom. The summed E-state index contributed by atoms with van der Waals surface area (Å²) < 4.78 is 11.4. The average molecular weight is 423 g/mol. The Kier molecular flexibility index (Phi) is 7.47. The molecule has 0 bridgehead atoms. The molecule has 1 aromatic rings. The molecule has 1 amide bonds. The first-order valence-corrected chi connectivity index (χ1v) is 11.1. The third kappa shape index (κ3) is 6.34. The molecule has 162 valence electrons. The smallest absolute Gasteiger partial charge is 0.253 e. The summed E-state index contributed by atoms with van der Waals surface area (Å²) in [7, 11) is 1.71. The van der Waals surface area contributed by atoms with Crippen LogP contribution in [-0.2, 0) is 4.74 Å². The maximum absolute atomic E-state index is 12.8. The Morgan fingerprint density at radius 2 is 1.90 bits per heavy atom. The zero-order chi connectivity index (χ0) is 21.0. The molecule has 0 radical (unpaired) electrons. The number of piperidine rings is 1. The first-order valence-electron chi connectivity index (χ1n) is 10.7. The number of rotatable bonds is 6.